The SMILES string of the molecule is CCc1nc(S/C(=C\c2cc(Br)c(I)o2)C(=O)O)n[nH]1. The zero-order valence-electron chi connectivity index (χ0n) is 10.2. The van der Waals surface area contributed by atoms with Crippen molar-refractivity contribution in [2.24, 2.45) is 0 Å². The molecule has 20 heavy (non-hydrogen) atoms. The number of aryl methyl sites for hydroxylation is 1. The predicted molar refractivity (Wildman–Crippen MR) is 86.4 cm³/mol. The van der Waals surface area contributed by atoms with Gasteiger partial charge in [-0.05, 0) is 33.8 Å². The minimum absolute atomic E-state index is 0.0873. The van der Waals surface area contributed by atoms with Gasteiger partial charge in [0.15, 0.2) is 3.77 Å². The summed E-state index contributed by atoms with van der Waals surface area (Å²) >= 11 is 6.30. The van der Waals surface area contributed by atoms with Crippen LogP contribution in [0.3, 0.4) is 0 Å². The summed E-state index contributed by atoms with van der Waals surface area (Å²) < 4.78 is 6.84. The summed E-state index contributed by atoms with van der Waals surface area (Å²) in [7, 11) is 0. The van der Waals surface area contributed by atoms with Crippen LogP contribution in [0.2, 0.25) is 0 Å². The third-order valence-electron chi connectivity index (χ3n) is 2.20. The molecule has 0 aliphatic heterocycles. The molecule has 0 aromatic carbocycles. The number of nitrogens with one attached hydrogen (secondary N) is 1. The Morgan fingerprint density at radius 2 is 2.45 bits per heavy atom. The molecule has 9 heteroatoms. The number of nitrogens with zero attached hydrogens (tertiary/aromatic N) is 2. The van der Waals surface area contributed by atoms with E-state index in [1.807, 2.05) is 29.5 Å². The van der Waals surface area contributed by atoms with E-state index < -0.39 is 5.97 Å². The fourth-order valence-electron chi connectivity index (χ4n) is 1.28. The van der Waals surface area contributed by atoms with E-state index in [1.54, 1.807) is 6.07 Å². The van der Waals surface area contributed by atoms with Crippen molar-refractivity contribution in [3.63, 3.8) is 0 Å². The summed E-state index contributed by atoms with van der Waals surface area (Å²) in [6.07, 6.45) is 2.16. The number of aliphatic carboxylic acids is 1. The average Bonchev–Trinajstić information content (AvgIpc) is 2.96. The standard InChI is InChI=1S/C11H9BrIN3O3S/c1-2-8-14-11(16-15-8)20-7(10(17)18)4-5-3-6(12)9(13)19-5/h3-4H,2H2,1H3,(H,17,18)(H,14,15,16)/b7-4-. The van der Waals surface area contributed by atoms with Gasteiger partial charge in [0.2, 0.25) is 5.16 Å². The Morgan fingerprint density at radius 3 is 2.95 bits per heavy atom. The maximum absolute atomic E-state index is 11.3. The Morgan fingerprint density at radius 1 is 1.70 bits per heavy atom. The molecular formula is C11H9BrIN3O3S. The maximum atomic E-state index is 11.3. The van der Waals surface area contributed by atoms with Crippen molar-refractivity contribution in [2.45, 2.75) is 18.5 Å². The second-order valence-corrected chi connectivity index (χ2v) is 6.45. The van der Waals surface area contributed by atoms with Crippen LogP contribution in [-0.2, 0) is 11.2 Å². The van der Waals surface area contributed by atoms with E-state index in [0.717, 1.165) is 16.2 Å². The molecule has 0 fully saturated rings. The van der Waals surface area contributed by atoms with Gasteiger partial charge in [0, 0.05) is 35.1 Å². The molecule has 0 bridgehead atoms. The van der Waals surface area contributed by atoms with E-state index in [0.29, 0.717) is 26.9 Å². The molecule has 2 rings (SSSR count). The number of carboxylic acid groups (broad SMARTS) is 1. The molecule has 2 aromatic rings. The molecule has 0 unspecified atom stereocenters. The fraction of sp³-hybridized carbons (Fsp3) is 0.182. The summed E-state index contributed by atoms with van der Waals surface area (Å²) in [6.45, 7) is 1.94. The van der Waals surface area contributed by atoms with Crippen molar-refractivity contribution in [1.29, 1.82) is 0 Å². The highest BCUT2D eigenvalue weighted by Gasteiger charge is 2.15. The van der Waals surface area contributed by atoms with E-state index in [-0.39, 0.29) is 4.91 Å². The third-order valence-corrected chi connectivity index (χ3v) is 5.20. The number of aromatic nitrogens is 3. The van der Waals surface area contributed by atoms with Crippen molar-refractivity contribution in [3.8, 4) is 0 Å². The van der Waals surface area contributed by atoms with Crippen molar-refractivity contribution in [1.82, 2.24) is 15.2 Å². The average molecular weight is 470 g/mol. The summed E-state index contributed by atoms with van der Waals surface area (Å²) in [6, 6.07) is 1.71. The highest BCUT2D eigenvalue weighted by molar-refractivity contribution is 14.1. The summed E-state index contributed by atoms with van der Waals surface area (Å²) in [5, 5.41) is 16.3. The molecule has 0 saturated heterocycles. The number of aromatic amines is 1. The van der Waals surface area contributed by atoms with E-state index >= 15 is 0 Å². The Labute approximate surface area is 140 Å². The van der Waals surface area contributed by atoms with E-state index in [9.17, 15) is 9.90 Å². The first-order valence-electron chi connectivity index (χ1n) is 5.48. The van der Waals surface area contributed by atoms with Gasteiger partial charge in [-0.2, -0.15) is 0 Å². The Balaban J connectivity index is 2.24. The number of carboxylic acids is 1. The second kappa shape index (κ2) is 6.76. The normalized spacial score (nSPS) is 11.8. The topological polar surface area (TPSA) is 92.0 Å². The highest BCUT2D eigenvalue weighted by atomic mass is 127. The quantitative estimate of drug-likeness (QED) is 0.395. The van der Waals surface area contributed by atoms with E-state index in [1.165, 1.54) is 6.08 Å². The van der Waals surface area contributed by atoms with Gasteiger partial charge >= 0.3 is 5.97 Å². The zero-order chi connectivity index (χ0) is 14.7. The van der Waals surface area contributed by atoms with Gasteiger partial charge in [-0.25, -0.2) is 9.78 Å². The fourth-order valence-corrected chi connectivity index (χ4v) is 2.70. The molecular weight excluding hydrogens is 461 g/mol. The predicted octanol–water partition coefficient (Wildman–Crippen LogP) is 3.55. The number of furan rings is 1. The van der Waals surface area contributed by atoms with E-state index in [2.05, 4.69) is 31.1 Å². The van der Waals surface area contributed by atoms with Crippen LogP contribution < -0.4 is 0 Å². The van der Waals surface area contributed by atoms with Crippen LogP contribution in [0.5, 0.6) is 0 Å². The zero-order valence-corrected chi connectivity index (χ0v) is 14.7. The molecule has 0 saturated carbocycles. The number of halogens is 2. The van der Waals surface area contributed by atoms with Gasteiger partial charge in [-0.15, -0.1) is 5.10 Å². The first-order valence-corrected chi connectivity index (χ1v) is 8.17. The van der Waals surface area contributed by atoms with Gasteiger partial charge in [0.1, 0.15) is 16.5 Å². The molecule has 2 N–H and O–H groups in total. The van der Waals surface area contributed by atoms with Crippen LogP contribution in [-0.4, -0.2) is 26.3 Å². The smallest absolute Gasteiger partial charge is 0.342 e. The number of carbonyl (C=O) groups is 1. The highest BCUT2D eigenvalue weighted by Crippen LogP contribution is 2.29. The minimum atomic E-state index is -1.06. The molecule has 0 atom stereocenters. The summed E-state index contributed by atoms with van der Waals surface area (Å²) in [4.78, 5) is 15.5. The number of rotatable bonds is 5. The van der Waals surface area contributed by atoms with Crippen LogP contribution in [0.1, 0.15) is 18.5 Å². The number of hydrogen-bond acceptors (Lipinski definition) is 5. The van der Waals surface area contributed by atoms with Crippen molar-refractivity contribution < 1.29 is 14.3 Å². The molecule has 0 radical (unpaired) electrons. The minimum Gasteiger partial charge on any atom is -0.477 e. The summed E-state index contributed by atoms with van der Waals surface area (Å²) in [5.74, 6) is 0.116. The van der Waals surface area contributed by atoms with Crippen molar-refractivity contribution >= 4 is 62.3 Å². The van der Waals surface area contributed by atoms with Crippen LogP contribution in [0.4, 0.5) is 0 Å². The summed E-state index contributed by atoms with van der Waals surface area (Å²) in [5.41, 5.74) is 0. The Hall–Kier alpha value is -0.810. The van der Waals surface area contributed by atoms with Crippen LogP contribution in [0.25, 0.3) is 6.08 Å². The largest absolute Gasteiger partial charge is 0.477 e. The van der Waals surface area contributed by atoms with Gasteiger partial charge in [-0.3, -0.25) is 5.10 Å². The maximum Gasteiger partial charge on any atom is 0.342 e. The monoisotopic (exact) mass is 469 g/mol. The van der Waals surface area contributed by atoms with Gasteiger partial charge in [0.25, 0.3) is 0 Å². The lowest BCUT2D eigenvalue weighted by Gasteiger charge is -1.96. The van der Waals surface area contributed by atoms with E-state index in [4.69, 9.17) is 4.42 Å². The van der Waals surface area contributed by atoms with Crippen molar-refractivity contribution in [3.05, 3.63) is 30.8 Å². The van der Waals surface area contributed by atoms with Crippen LogP contribution in [0, 0.1) is 3.77 Å². The lowest BCUT2D eigenvalue weighted by molar-refractivity contribution is -0.131. The van der Waals surface area contributed by atoms with Gasteiger partial charge in [-0.1, -0.05) is 6.92 Å². The first kappa shape index (κ1) is 15.6. The van der Waals surface area contributed by atoms with Crippen LogP contribution >= 0.6 is 50.3 Å². The Bertz CT molecular complexity index is 648. The lowest BCUT2D eigenvalue weighted by Crippen LogP contribution is -1.97. The molecule has 0 aliphatic rings. The lowest BCUT2D eigenvalue weighted by atomic mass is 10.4. The molecule has 0 amide bonds. The Kier molecular flexibility index (Phi) is 5.27. The molecule has 106 valence electrons. The first-order chi connectivity index (χ1) is 9.49. The number of thioether (sulfide) groups is 1. The van der Waals surface area contributed by atoms with Crippen molar-refractivity contribution in [2.75, 3.05) is 0 Å². The third kappa shape index (κ3) is 3.85. The van der Waals surface area contributed by atoms with Gasteiger partial charge in [0.05, 0.1) is 4.47 Å². The number of hydrogen-bond donors (Lipinski definition) is 2. The van der Waals surface area contributed by atoms with Gasteiger partial charge < -0.3 is 9.52 Å². The molecule has 6 nitrogen and oxygen atoms in total. The molecule has 2 heterocycles. The molecule has 0 aliphatic carbocycles. The molecule has 2 aromatic heterocycles. The second-order valence-electron chi connectivity index (χ2n) is 3.60. The van der Waals surface area contributed by atoms with Crippen LogP contribution in [0.15, 0.2) is 25.0 Å². The molecule has 0 spiro atoms. The number of H-pyrrole nitrogens is 1.